The van der Waals surface area contributed by atoms with Gasteiger partial charge in [-0.15, -0.1) is 22.7 Å². The molecule has 0 unspecified atom stereocenters. The van der Waals surface area contributed by atoms with Gasteiger partial charge in [-0.05, 0) is 0 Å². The van der Waals surface area contributed by atoms with Crippen molar-refractivity contribution < 1.29 is 0 Å². The molecule has 0 atom stereocenters. The van der Waals surface area contributed by atoms with E-state index in [-0.39, 0.29) is 0 Å². The zero-order valence-corrected chi connectivity index (χ0v) is 10.6. The summed E-state index contributed by atoms with van der Waals surface area (Å²) >= 11 is 3.07. The number of thiazole rings is 2. The van der Waals surface area contributed by atoms with Gasteiger partial charge in [-0.3, -0.25) is 4.98 Å². The second-order valence-electron chi connectivity index (χ2n) is 3.11. The second kappa shape index (κ2) is 6.12. The van der Waals surface area contributed by atoms with Crippen LogP contribution in [0.3, 0.4) is 0 Å². The molecule has 0 saturated heterocycles. The molecule has 0 radical (unpaired) electrons. The Hall–Kier alpha value is -1.72. The van der Waals surface area contributed by atoms with Gasteiger partial charge in [-0.2, -0.15) is 0 Å². The molecule has 17 heavy (non-hydrogen) atoms. The van der Waals surface area contributed by atoms with Crippen molar-refractivity contribution in [3.05, 3.63) is 52.8 Å². The number of rotatable bonds is 1. The average Bonchev–Trinajstić information content (AvgIpc) is 3.04. The van der Waals surface area contributed by atoms with Crippen LogP contribution in [0.5, 0.6) is 0 Å². The molecule has 3 aromatic rings. The summed E-state index contributed by atoms with van der Waals surface area (Å²) in [6.07, 6.45) is 1.77. The predicted molar refractivity (Wildman–Crippen MR) is 74.1 cm³/mol. The van der Waals surface area contributed by atoms with Crippen LogP contribution in [0.4, 0.5) is 5.13 Å². The first-order chi connectivity index (χ1) is 8.36. The molecule has 0 fully saturated rings. The Kier molecular flexibility index (Phi) is 4.23. The van der Waals surface area contributed by atoms with Gasteiger partial charge >= 0.3 is 0 Å². The van der Waals surface area contributed by atoms with Crippen LogP contribution in [-0.4, -0.2) is 9.97 Å². The molecule has 0 amide bonds. The zero-order valence-electron chi connectivity index (χ0n) is 8.98. The fourth-order valence-corrected chi connectivity index (χ4v) is 2.13. The van der Waals surface area contributed by atoms with Gasteiger partial charge in [0.05, 0.1) is 11.2 Å². The Labute approximate surface area is 108 Å². The largest absolute Gasteiger partial charge is 0.375 e. The first-order valence-electron chi connectivity index (χ1n) is 4.95. The molecule has 0 aliphatic rings. The minimum Gasteiger partial charge on any atom is -0.375 e. The highest BCUT2D eigenvalue weighted by Gasteiger charge is 1.99. The maximum atomic E-state index is 5.52. The van der Waals surface area contributed by atoms with Gasteiger partial charge in [-0.25, -0.2) is 4.98 Å². The van der Waals surface area contributed by atoms with E-state index >= 15 is 0 Å². The molecule has 0 bridgehead atoms. The van der Waals surface area contributed by atoms with Crippen LogP contribution in [0, 0.1) is 0 Å². The van der Waals surface area contributed by atoms with Crippen LogP contribution in [0.1, 0.15) is 0 Å². The molecule has 2 N–H and O–H groups in total. The van der Waals surface area contributed by atoms with Crippen molar-refractivity contribution in [1.29, 1.82) is 0 Å². The molecule has 1 aromatic carbocycles. The number of hydrogen-bond donors (Lipinski definition) is 1. The Balaban J connectivity index is 0.000000181. The molecule has 0 spiro atoms. The van der Waals surface area contributed by atoms with E-state index in [2.05, 4.69) is 9.97 Å². The zero-order chi connectivity index (χ0) is 11.9. The van der Waals surface area contributed by atoms with E-state index in [0.717, 1.165) is 11.3 Å². The summed E-state index contributed by atoms with van der Waals surface area (Å²) in [7, 11) is 0. The molecular weight excluding hydrogens is 250 g/mol. The highest BCUT2D eigenvalue weighted by molar-refractivity contribution is 7.13. The van der Waals surface area contributed by atoms with Crippen molar-refractivity contribution in [2.24, 2.45) is 0 Å². The van der Waals surface area contributed by atoms with Crippen LogP contribution in [0.2, 0.25) is 0 Å². The number of aromatic nitrogens is 2. The summed E-state index contributed by atoms with van der Waals surface area (Å²) < 4.78 is 0. The third-order valence-corrected chi connectivity index (χ3v) is 3.13. The lowest BCUT2D eigenvalue weighted by atomic mass is 10.2. The maximum Gasteiger partial charge on any atom is 0.180 e. The van der Waals surface area contributed by atoms with Gasteiger partial charge in [0.15, 0.2) is 5.13 Å². The molecule has 3 nitrogen and oxygen atoms in total. The molecule has 3 rings (SSSR count). The Morgan fingerprint density at radius 3 is 2.41 bits per heavy atom. The van der Waals surface area contributed by atoms with E-state index in [1.54, 1.807) is 23.0 Å². The van der Waals surface area contributed by atoms with E-state index in [9.17, 15) is 0 Å². The van der Waals surface area contributed by atoms with E-state index in [1.807, 2.05) is 41.1 Å². The molecule has 5 heteroatoms. The quantitative estimate of drug-likeness (QED) is 0.729. The van der Waals surface area contributed by atoms with Gasteiger partial charge in [0.2, 0.25) is 0 Å². The normalized spacial score (nSPS) is 9.41. The molecule has 2 aromatic heterocycles. The number of nitrogens with two attached hydrogens (primary N) is 1. The van der Waals surface area contributed by atoms with Crippen molar-refractivity contribution in [3.8, 4) is 11.3 Å². The van der Waals surface area contributed by atoms with E-state index in [1.165, 1.54) is 11.3 Å². The van der Waals surface area contributed by atoms with Gasteiger partial charge in [-0.1, -0.05) is 30.3 Å². The first kappa shape index (κ1) is 11.8. The van der Waals surface area contributed by atoms with Crippen LogP contribution >= 0.6 is 22.7 Å². The predicted octanol–water partition coefficient (Wildman–Crippen LogP) is 3.54. The van der Waals surface area contributed by atoms with Gasteiger partial charge < -0.3 is 5.73 Å². The standard InChI is InChI=1S/C9H8N2S.C3H3NS/c10-9-11-8(6-12-9)7-4-2-1-3-5-7;1-2-5-3-4-1/h1-6H,(H2,10,11);1-3H. The van der Waals surface area contributed by atoms with Crippen molar-refractivity contribution >= 4 is 27.8 Å². The van der Waals surface area contributed by atoms with Crippen LogP contribution in [0.25, 0.3) is 11.3 Å². The van der Waals surface area contributed by atoms with Crippen molar-refractivity contribution in [1.82, 2.24) is 9.97 Å². The number of anilines is 1. The van der Waals surface area contributed by atoms with Crippen LogP contribution < -0.4 is 5.73 Å². The van der Waals surface area contributed by atoms with Crippen molar-refractivity contribution in [2.45, 2.75) is 0 Å². The van der Waals surface area contributed by atoms with Crippen molar-refractivity contribution in [3.63, 3.8) is 0 Å². The van der Waals surface area contributed by atoms with Crippen LogP contribution in [0.15, 0.2) is 52.8 Å². The number of benzene rings is 1. The monoisotopic (exact) mass is 261 g/mol. The van der Waals surface area contributed by atoms with E-state index < -0.39 is 0 Å². The summed E-state index contributed by atoms with van der Waals surface area (Å²) in [5.74, 6) is 0. The number of nitrogen functional groups attached to an aromatic ring is 1. The minimum atomic E-state index is 0.619. The minimum absolute atomic E-state index is 0.619. The lowest BCUT2D eigenvalue weighted by Gasteiger charge is -1.92. The summed E-state index contributed by atoms with van der Waals surface area (Å²) in [4.78, 5) is 7.92. The lowest BCUT2D eigenvalue weighted by Crippen LogP contribution is -1.82. The summed E-state index contributed by atoms with van der Waals surface area (Å²) in [5.41, 5.74) is 9.39. The fourth-order valence-electron chi connectivity index (χ4n) is 1.20. The SMILES string of the molecule is Nc1nc(-c2ccccc2)cs1.c1cscn1. The van der Waals surface area contributed by atoms with Gasteiger partial charge in [0, 0.05) is 22.5 Å². The highest BCUT2D eigenvalue weighted by Crippen LogP contribution is 2.22. The molecule has 0 aliphatic carbocycles. The van der Waals surface area contributed by atoms with Crippen LogP contribution in [-0.2, 0) is 0 Å². The second-order valence-corrected chi connectivity index (χ2v) is 4.76. The molecule has 86 valence electrons. The molecular formula is C12H11N3S2. The average molecular weight is 261 g/mol. The highest BCUT2D eigenvalue weighted by atomic mass is 32.1. The first-order valence-corrected chi connectivity index (χ1v) is 6.77. The third-order valence-electron chi connectivity index (χ3n) is 1.94. The number of nitrogens with zero attached hydrogens (tertiary/aromatic N) is 2. The van der Waals surface area contributed by atoms with Gasteiger partial charge in [0.25, 0.3) is 0 Å². The van der Waals surface area contributed by atoms with Gasteiger partial charge in [0.1, 0.15) is 0 Å². The lowest BCUT2D eigenvalue weighted by molar-refractivity contribution is 1.41. The maximum absolute atomic E-state index is 5.52. The Morgan fingerprint density at radius 1 is 1.12 bits per heavy atom. The molecule has 2 heterocycles. The topological polar surface area (TPSA) is 51.8 Å². The van der Waals surface area contributed by atoms with E-state index in [4.69, 9.17) is 5.73 Å². The molecule has 0 aliphatic heterocycles. The summed E-state index contributed by atoms with van der Waals surface area (Å²) in [6, 6.07) is 10.0. The van der Waals surface area contributed by atoms with Crippen molar-refractivity contribution in [2.75, 3.05) is 5.73 Å². The summed E-state index contributed by atoms with van der Waals surface area (Å²) in [6.45, 7) is 0. The Morgan fingerprint density at radius 2 is 1.94 bits per heavy atom. The molecule has 0 saturated carbocycles. The van der Waals surface area contributed by atoms with E-state index in [0.29, 0.717) is 5.13 Å². The Bertz CT molecular complexity index is 515. The smallest absolute Gasteiger partial charge is 0.180 e. The number of hydrogen-bond acceptors (Lipinski definition) is 5. The fraction of sp³-hybridized carbons (Fsp3) is 0. The third kappa shape index (κ3) is 3.65. The summed E-state index contributed by atoms with van der Waals surface area (Å²) in [5, 5.41) is 4.51.